The molecule has 0 radical (unpaired) electrons. The number of ether oxygens (including phenoxy) is 1. The summed E-state index contributed by atoms with van der Waals surface area (Å²) in [5, 5.41) is 8.85. The molecule has 1 saturated heterocycles. The van der Waals surface area contributed by atoms with E-state index in [9.17, 15) is 4.79 Å². The van der Waals surface area contributed by atoms with Gasteiger partial charge in [-0.1, -0.05) is 13.8 Å². The number of carbonyl (C=O) groups is 1. The first kappa shape index (κ1) is 8.53. The highest BCUT2D eigenvalue weighted by atomic mass is 16.5. The molecule has 0 bridgehead atoms. The lowest BCUT2D eigenvalue weighted by molar-refractivity contribution is -0.142. The molecule has 0 amide bonds. The number of aliphatic hydroxyl groups excluding tert-OH is 1. The molecule has 64 valence electrons. The van der Waals surface area contributed by atoms with Crippen LogP contribution in [0.3, 0.4) is 0 Å². The van der Waals surface area contributed by atoms with E-state index in [1.165, 1.54) is 0 Å². The molecule has 1 heterocycles. The van der Waals surface area contributed by atoms with E-state index in [4.69, 9.17) is 9.84 Å². The zero-order valence-electron chi connectivity index (χ0n) is 6.91. The summed E-state index contributed by atoms with van der Waals surface area (Å²) in [5.74, 6) is 0.0762. The largest absolute Gasteiger partial charge is 0.465 e. The number of esters is 1. The number of rotatable bonds is 2. The van der Waals surface area contributed by atoms with E-state index in [1.54, 1.807) is 0 Å². The van der Waals surface area contributed by atoms with Crippen LogP contribution < -0.4 is 0 Å². The molecule has 2 atom stereocenters. The molecule has 0 aromatic heterocycles. The number of cyclic esters (lactones) is 1. The summed E-state index contributed by atoms with van der Waals surface area (Å²) < 4.78 is 4.83. The van der Waals surface area contributed by atoms with Gasteiger partial charge >= 0.3 is 5.97 Å². The number of hydrogen-bond acceptors (Lipinski definition) is 3. The Morgan fingerprint density at radius 2 is 2.36 bits per heavy atom. The van der Waals surface area contributed by atoms with Gasteiger partial charge in [0.05, 0.1) is 19.1 Å². The first-order valence-corrected chi connectivity index (χ1v) is 3.94. The Hall–Kier alpha value is -0.570. The lowest BCUT2D eigenvalue weighted by Crippen LogP contribution is -2.23. The van der Waals surface area contributed by atoms with Crippen LogP contribution in [0.4, 0.5) is 0 Å². The second-order valence-corrected chi connectivity index (χ2v) is 3.33. The van der Waals surface area contributed by atoms with Crippen LogP contribution in [0.25, 0.3) is 0 Å². The van der Waals surface area contributed by atoms with E-state index in [2.05, 4.69) is 0 Å². The molecule has 1 rings (SSSR count). The van der Waals surface area contributed by atoms with Gasteiger partial charge in [0, 0.05) is 5.92 Å². The van der Waals surface area contributed by atoms with Crippen LogP contribution in [-0.4, -0.2) is 24.3 Å². The highest BCUT2D eigenvalue weighted by Crippen LogP contribution is 2.27. The van der Waals surface area contributed by atoms with Gasteiger partial charge in [-0.3, -0.25) is 4.79 Å². The molecule has 3 heteroatoms. The van der Waals surface area contributed by atoms with E-state index in [-0.39, 0.29) is 24.4 Å². The molecule has 0 aromatic carbocycles. The first-order chi connectivity index (χ1) is 5.16. The molecular formula is C8H14O3. The molecule has 1 aliphatic rings. The Morgan fingerprint density at radius 3 is 2.73 bits per heavy atom. The van der Waals surface area contributed by atoms with Crippen molar-refractivity contribution in [3.05, 3.63) is 0 Å². The predicted molar refractivity (Wildman–Crippen MR) is 39.9 cm³/mol. The summed E-state index contributed by atoms with van der Waals surface area (Å²) in [7, 11) is 0. The summed E-state index contributed by atoms with van der Waals surface area (Å²) in [6, 6.07) is 0. The standard InChI is InChI=1S/C8H14O3/c1-5(2)7-4-11-8(10)6(7)3-9/h5-7,9H,3-4H2,1-2H3/t6-,7-/m0/s1. The second-order valence-electron chi connectivity index (χ2n) is 3.33. The van der Waals surface area contributed by atoms with E-state index in [0.717, 1.165) is 0 Å². The van der Waals surface area contributed by atoms with Gasteiger partial charge in [-0.05, 0) is 5.92 Å². The van der Waals surface area contributed by atoms with Gasteiger partial charge in [0.2, 0.25) is 0 Å². The Kier molecular flexibility index (Phi) is 2.49. The maximum absolute atomic E-state index is 10.9. The van der Waals surface area contributed by atoms with Crippen molar-refractivity contribution in [1.82, 2.24) is 0 Å². The fraction of sp³-hybridized carbons (Fsp3) is 0.875. The normalized spacial score (nSPS) is 31.1. The minimum atomic E-state index is -0.282. The average Bonchev–Trinajstić information content (AvgIpc) is 2.30. The van der Waals surface area contributed by atoms with Gasteiger partial charge in [-0.2, -0.15) is 0 Å². The topological polar surface area (TPSA) is 46.5 Å². The van der Waals surface area contributed by atoms with E-state index in [0.29, 0.717) is 12.5 Å². The molecule has 1 N–H and O–H groups in total. The monoisotopic (exact) mass is 158 g/mol. The lowest BCUT2D eigenvalue weighted by Gasteiger charge is -2.15. The first-order valence-electron chi connectivity index (χ1n) is 3.94. The maximum Gasteiger partial charge on any atom is 0.311 e. The molecule has 0 aromatic rings. The third-order valence-corrected chi connectivity index (χ3v) is 2.29. The Bertz CT molecular complexity index is 153. The van der Waals surface area contributed by atoms with Crippen molar-refractivity contribution in [2.75, 3.05) is 13.2 Å². The van der Waals surface area contributed by atoms with Crippen LogP contribution in [0.5, 0.6) is 0 Å². The van der Waals surface area contributed by atoms with E-state index < -0.39 is 0 Å². The van der Waals surface area contributed by atoms with Crippen molar-refractivity contribution in [2.24, 2.45) is 17.8 Å². The molecule has 1 fully saturated rings. The van der Waals surface area contributed by atoms with Crippen molar-refractivity contribution < 1.29 is 14.6 Å². The Morgan fingerprint density at radius 1 is 1.73 bits per heavy atom. The molecule has 11 heavy (non-hydrogen) atoms. The van der Waals surface area contributed by atoms with Crippen LogP contribution in [-0.2, 0) is 9.53 Å². The Labute approximate surface area is 66.4 Å². The summed E-state index contributed by atoms with van der Waals surface area (Å²) >= 11 is 0. The van der Waals surface area contributed by atoms with Gasteiger partial charge in [0.1, 0.15) is 0 Å². The van der Waals surface area contributed by atoms with Crippen molar-refractivity contribution in [3.63, 3.8) is 0 Å². The van der Waals surface area contributed by atoms with Crippen molar-refractivity contribution in [2.45, 2.75) is 13.8 Å². The highest BCUT2D eigenvalue weighted by molar-refractivity contribution is 5.74. The van der Waals surface area contributed by atoms with Crippen LogP contribution in [0, 0.1) is 17.8 Å². The third kappa shape index (κ3) is 1.53. The fourth-order valence-corrected chi connectivity index (χ4v) is 1.44. The molecule has 0 spiro atoms. The smallest absolute Gasteiger partial charge is 0.311 e. The van der Waals surface area contributed by atoms with Gasteiger partial charge in [-0.25, -0.2) is 0 Å². The quantitative estimate of drug-likeness (QED) is 0.592. The van der Waals surface area contributed by atoms with Crippen molar-refractivity contribution in [1.29, 1.82) is 0 Å². The lowest BCUT2D eigenvalue weighted by atomic mass is 9.86. The average molecular weight is 158 g/mol. The molecule has 0 unspecified atom stereocenters. The SMILES string of the molecule is CC(C)[C@@H]1COC(=O)[C@H]1CO. The maximum atomic E-state index is 10.9. The summed E-state index contributed by atoms with van der Waals surface area (Å²) in [4.78, 5) is 10.9. The van der Waals surface area contributed by atoms with Crippen LogP contribution >= 0.6 is 0 Å². The predicted octanol–water partition coefficient (Wildman–Crippen LogP) is 0.424. The van der Waals surface area contributed by atoms with E-state index >= 15 is 0 Å². The van der Waals surface area contributed by atoms with Gasteiger partial charge in [-0.15, -0.1) is 0 Å². The van der Waals surface area contributed by atoms with Crippen LogP contribution in [0.1, 0.15) is 13.8 Å². The second kappa shape index (κ2) is 3.22. The molecule has 1 aliphatic heterocycles. The number of aliphatic hydroxyl groups is 1. The van der Waals surface area contributed by atoms with Gasteiger partial charge in [0.25, 0.3) is 0 Å². The Balaban J connectivity index is 2.61. The van der Waals surface area contributed by atoms with Gasteiger partial charge in [0.15, 0.2) is 0 Å². The summed E-state index contributed by atoms with van der Waals surface area (Å²) in [6.45, 7) is 4.47. The van der Waals surface area contributed by atoms with Crippen LogP contribution in [0.2, 0.25) is 0 Å². The third-order valence-electron chi connectivity index (χ3n) is 2.29. The van der Waals surface area contributed by atoms with Crippen molar-refractivity contribution >= 4 is 5.97 Å². The fourth-order valence-electron chi connectivity index (χ4n) is 1.44. The van der Waals surface area contributed by atoms with Gasteiger partial charge < -0.3 is 9.84 Å². The number of hydrogen-bond donors (Lipinski definition) is 1. The minimum absolute atomic E-state index is 0.0817. The summed E-state index contributed by atoms with van der Waals surface area (Å²) in [6.07, 6.45) is 0. The molecular weight excluding hydrogens is 144 g/mol. The number of carbonyl (C=O) groups excluding carboxylic acids is 1. The zero-order chi connectivity index (χ0) is 8.43. The zero-order valence-corrected chi connectivity index (χ0v) is 6.91. The summed E-state index contributed by atoms with van der Waals surface area (Å²) in [5.41, 5.74) is 0. The molecule has 0 aliphatic carbocycles. The van der Waals surface area contributed by atoms with E-state index in [1.807, 2.05) is 13.8 Å². The molecule has 3 nitrogen and oxygen atoms in total. The van der Waals surface area contributed by atoms with Crippen molar-refractivity contribution in [3.8, 4) is 0 Å². The molecule has 0 saturated carbocycles. The minimum Gasteiger partial charge on any atom is -0.465 e. The highest BCUT2D eigenvalue weighted by Gasteiger charge is 2.37. The van der Waals surface area contributed by atoms with Crippen LogP contribution in [0.15, 0.2) is 0 Å².